The first-order valence-electron chi connectivity index (χ1n) is 6.20. The smallest absolute Gasteiger partial charge is 0.240 e. The van der Waals surface area contributed by atoms with E-state index in [2.05, 4.69) is 10.0 Å². The molecular weight excluding hydrogens is 306 g/mol. The van der Waals surface area contributed by atoms with E-state index in [-0.39, 0.29) is 4.90 Å². The van der Waals surface area contributed by atoms with Gasteiger partial charge in [-0.1, -0.05) is 0 Å². The van der Waals surface area contributed by atoms with Gasteiger partial charge in [0.2, 0.25) is 10.0 Å². The van der Waals surface area contributed by atoms with Gasteiger partial charge < -0.3 is 11.1 Å². The first-order valence-corrected chi connectivity index (χ1v) is 8.91. The lowest BCUT2D eigenvalue weighted by atomic mass is 10.2. The van der Waals surface area contributed by atoms with Gasteiger partial charge >= 0.3 is 0 Å². The summed E-state index contributed by atoms with van der Waals surface area (Å²) in [5.74, 6) is 0. The van der Waals surface area contributed by atoms with Crippen LogP contribution in [0.25, 0.3) is 0 Å². The Labute approximate surface area is 129 Å². The molecule has 2 rings (SSSR count). The number of rotatable bonds is 5. The maximum Gasteiger partial charge on any atom is 0.240 e. The van der Waals surface area contributed by atoms with E-state index in [1.54, 1.807) is 17.8 Å². The largest absolute Gasteiger partial charge is 0.397 e. The lowest BCUT2D eigenvalue weighted by Crippen LogP contribution is -2.18. The van der Waals surface area contributed by atoms with Crippen LogP contribution in [0, 0.1) is 0 Å². The first-order chi connectivity index (χ1) is 9.96. The van der Waals surface area contributed by atoms with Crippen molar-refractivity contribution >= 4 is 38.8 Å². The van der Waals surface area contributed by atoms with Crippen LogP contribution in [0.15, 0.2) is 52.3 Å². The number of hydrogen-bond donors (Lipinski definition) is 3. The molecular formula is C14H17N3O2S2. The molecule has 0 heterocycles. The molecule has 0 aliphatic heterocycles. The van der Waals surface area contributed by atoms with Crippen molar-refractivity contribution in [3.63, 3.8) is 0 Å². The van der Waals surface area contributed by atoms with Crippen molar-refractivity contribution in [3.8, 4) is 0 Å². The van der Waals surface area contributed by atoms with Crippen molar-refractivity contribution in [3.05, 3.63) is 42.5 Å². The van der Waals surface area contributed by atoms with Crippen LogP contribution in [0.2, 0.25) is 0 Å². The van der Waals surface area contributed by atoms with Crippen LogP contribution in [-0.4, -0.2) is 21.7 Å². The summed E-state index contributed by atoms with van der Waals surface area (Å²) in [4.78, 5) is 1.32. The van der Waals surface area contributed by atoms with E-state index in [0.29, 0.717) is 11.4 Å². The summed E-state index contributed by atoms with van der Waals surface area (Å²) in [6, 6.07) is 12.4. The Hall–Kier alpha value is -1.70. The van der Waals surface area contributed by atoms with Gasteiger partial charge in [-0.2, -0.15) is 0 Å². The Kier molecular flexibility index (Phi) is 4.76. The minimum atomic E-state index is -3.49. The van der Waals surface area contributed by atoms with Crippen molar-refractivity contribution in [2.75, 3.05) is 24.4 Å². The fourth-order valence-electron chi connectivity index (χ4n) is 1.76. The maximum absolute atomic E-state index is 11.8. The molecule has 0 unspecified atom stereocenters. The van der Waals surface area contributed by atoms with Crippen LogP contribution in [0.1, 0.15) is 0 Å². The molecule has 0 aromatic heterocycles. The standard InChI is InChI=1S/C14H17N3O2S2/c1-16-21(18,19)12-7-8-13(15)14(9-12)17-10-3-5-11(20-2)6-4-10/h3-9,16-17H,15H2,1-2H3. The summed E-state index contributed by atoms with van der Waals surface area (Å²) in [5, 5.41) is 3.13. The Morgan fingerprint density at radius 2 is 1.76 bits per heavy atom. The van der Waals surface area contributed by atoms with E-state index in [9.17, 15) is 8.42 Å². The molecule has 4 N–H and O–H groups in total. The Morgan fingerprint density at radius 3 is 2.33 bits per heavy atom. The molecule has 0 bridgehead atoms. The van der Waals surface area contributed by atoms with Crippen molar-refractivity contribution in [2.24, 2.45) is 0 Å². The summed E-state index contributed by atoms with van der Waals surface area (Å²) in [6.07, 6.45) is 2.01. The quantitative estimate of drug-likeness (QED) is 0.582. The number of anilines is 3. The van der Waals surface area contributed by atoms with Gasteiger partial charge in [0, 0.05) is 10.6 Å². The lowest BCUT2D eigenvalue weighted by molar-refractivity contribution is 0.588. The van der Waals surface area contributed by atoms with Gasteiger partial charge in [0.05, 0.1) is 16.3 Å². The highest BCUT2D eigenvalue weighted by Crippen LogP contribution is 2.27. The number of thioether (sulfide) groups is 1. The van der Waals surface area contributed by atoms with Crippen LogP contribution in [0.3, 0.4) is 0 Å². The minimum Gasteiger partial charge on any atom is -0.397 e. The molecule has 0 saturated carbocycles. The molecule has 0 spiro atoms. The van der Waals surface area contributed by atoms with Crippen LogP contribution in [0.5, 0.6) is 0 Å². The molecule has 0 radical (unpaired) electrons. The van der Waals surface area contributed by atoms with Crippen molar-refractivity contribution in [1.82, 2.24) is 4.72 Å². The van der Waals surface area contributed by atoms with Gasteiger partial charge in [-0.3, -0.25) is 0 Å². The van der Waals surface area contributed by atoms with E-state index >= 15 is 0 Å². The predicted molar refractivity (Wildman–Crippen MR) is 88.6 cm³/mol. The van der Waals surface area contributed by atoms with E-state index in [4.69, 9.17) is 5.73 Å². The molecule has 7 heteroatoms. The van der Waals surface area contributed by atoms with Crippen LogP contribution >= 0.6 is 11.8 Å². The second-order valence-corrected chi connectivity index (χ2v) is 7.08. The maximum atomic E-state index is 11.8. The molecule has 2 aromatic rings. The van der Waals surface area contributed by atoms with E-state index in [0.717, 1.165) is 10.6 Å². The van der Waals surface area contributed by atoms with Gasteiger partial charge in [0.1, 0.15) is 0 Å². The number of sulfonamides is 1. The highest BCUT2D eigenvalue weighted by molar-refractivity contribution is 7.98. The van der Waals surface area contributed by atoms with Crippen molar-refractivity contribution in [1.29, 1.82) is 0 Å². The Balaban J connectivity index is 2.32. The van der Waals surface area contributed by atoms with Gasteiger partial charge in [0.25, 0.3) is 0 Å². The van der Waals surface area contributed by atoms with Gasteiger partial charge in [-0.15, -0.1) is 11.8 Å². The van der Waals surface area contributed by atoms with Gasteiger partial charge in [-0.05, 0) is 55.8 Å². The third-order valence-corrected chi connectivity index (χ3v) is 5.13. The average molecular weight is 323 g/mol. The molecule has 2 aromatic carbocycles. The molecule has 112 valence electrons. The minimum absolute atomic E-state index is 0.169. The van der Waals surface area contributed by atoms with Crippen molar-refractivity contribution in [2.45, 2.75) is 9.79 Å². The van der Waals surface area contributed by atoms with Crippen molar-refractivity contribution < 1.29 is 8.42 Å². The summed E-state index contributed by atoms with van der Waals surface area (Å²) in [7, 11) is -2.11. The fraction of sp³-hybridized carbons (Fsp3) is 0.143. The third kappa shape index (κ3) is 3.69. The SMILES string of the molecule is CNS(=O)(=O)c1ccc(N)c(Nc2ccc(SC)cc2)c1. The topological polar surface area (TPSA) is 84.2 Å². The number of nitrogen functional groups attached to an aromatic ring is 1. The fourth-order valence-corrected chi connectivity index (χ4v) is 2.92. The number of nitrogens with one attached hydrogen (secondary N) is 2. The molecule has 0 fully saturated rings. The zero-order valence-electron chi connectivity index (χ0n) is 11.8. The number of benzene rings is 2. The highest BCUT2D eigenvalue weighted by Gasteiger charge is 2.13. The second kappa shape index (κ2) is 6.38. The van der Waals surface area contributed by atoms with Crippen LogP contribution in [0.4, 0.5) is 17.1 Å². The van der Waals surface area contributed by atoms with Crippen LogP contribution < -0.4 is 15.8 Å². The predicted octanol–water partition coefficient (Wildman–Crippen LogP) is 2.64. The van der Waals surface area contributed by atoms with Gasteiger partial charge in [0.15, 0.2) is 0 Å². The third-order valence-electron chi connectivity index (χ3n) is 2.97. The Bertz CT molecular complexity index is 728. The molecule has 21 heavy (non-hydrogen) atoms. The Morgan fingerprint density at radius 1 is 1.10 bits per heavy atom. The molecule has 0 atom stereocenters. The molecule has 0 aliphatic carbocycles. The molecule has 0 amide bonds. The molecule has 5 nitrogen and oxygen atoms in total. The monoisotopic (exact) mass is 323 g/mol. The lowest BCUT2D eigenvalue weighted by Gasteiger charge is -2.12. The summed E-state index contributed by atoms with van der Waals surface area (Å²) in [6.45, 7) is 0. The zero-order chi connectivity index (χ0) is 15.5. The van der Waals surface area contributed by atoms with E-state index in [1.807, 2.05) is 30.5 Å². The summed E-state index contributed by atoms with van der Waals surface area (Å²) >= 11 is 1.66. The highest BCUT2D eigenvalue weighted by atomic mass is 32.2. The molecule has 0 saturated heterocycles. The van der Waals surface area contributed by atoms with Gasteiger partial charge in [-0.25, -0.2) is 13.1 Å². The van der Waals surface area contributed by atoms with Crippen LogP contribution in [-0.2, 0) is 10.0 Å². The normalized spacial score (nSPS) is 11.3. The first kappa shape index (κ1) is 15.7. The summed E-state index contributed by atoms with van der Waals surface area (Å²) in [5.41, 5.74) is 7.79. The average Bonchev–Trinajstić information content (AvgIpc) is 2.50. The number of hydrogen-bond acceptors (Lipinski definition) is 5. The summed E-state index contributed by atoms with van der Waals surface area (Å²) < 4.78 is 25.9. The molecule has 0 aliphatic rings. The van der Waals surface area contributed by atoms with E-state index < -0.39 is 10.0 Å². The zero-order valence-corrected chi connectivity index (χ0v) is 13.4. The van der Waals surface area contributed by atoms with E-state index in [1.165, 1.54) is 19.2 Å². The second-order valence-electron chi connectivity index (χ2n) is 4.31. The number of nitrogens with two attached hydrogens (primary N) is 1.